The fourth-order valence-corrected chi connectivity index (χ4v) is 5.50. The molecule has 2 rings (SSSR count). The van der Waals surface area contributed by atoms with E-state index in [-0.39, 0.29) is 37.7 Å². The van der Waals surface area contributed by atoms with E-state index in [1.165, 1.54) is 9.21 Å². The zero-order valence-electron chi connectivity index (χ0n) is 21.6. The molecule has 1 atom stereocenters. The van der Waals surface area contributed by atoms with Crippen LogP contribution in [0.2, 0.25) is 15.1 Å². The predicted octanol–water partition coefficient (Wildman–Crippen LogP) is 5.84. The molecule has 7 nitrogen and oxygen atoms in total. The van der Waals surface area contributed by atoms with E-state index in [0.717, 1.165) is 24.7 Å². The minimum atomic E-state index is -3.63. The van der Waals surface area contributed by atoms with Gasteiger partial charge in [0, 0.05) is 46.7 Å². The Hall–Kier alpha value is -2.00. The summed E-state index contributed by atoms with van der Waals surface area (Å²) in [7, 11) is -3.63. The predicted molar refractivity (Wildman–Crippen MR) is 152 cm³/mol. The summed E-state index contributed by atoms with van der Waals surface area (Å²) in [6.07, 6.45) is 3.11. The number of nitrogens with zero attached hydrogens (tertiary/aromatic N) is 2. The average molecular weight is 591 g/mol. The van der Waals surface area contributed by atoms with Crippen molar-refractivity contribution in [2.24, 2.45) is 0 Å². The minimum Gasteiger partial charge on any atom is -0.354 e. The lowest BCUT2D eigenvalue weighted by molar-refractivity contribution is -0.140. The molecular weight excluding hydrogens is 557 g/mol. The number of aryl methyl sites for hydroxylation is 1. The van der Waals surface area contributed by atoms with Gasteiger partial charge in [-0.05, 0) is 56.5 Å². The summed E-state index contributed by atoms with van der Waals surface area (Å²) < 4.78 is 26.3. The van der Waals surface area contributed by atoms with Crippen LogP contribution in [0.25, 0.3) is 0 Å². The molecule has 0 radical (unpaired) electrons. The molecule has 1 N–H and O–H groups in total. The molecule has 2 amide bonds. The minimum absolute atomic E-state index is 0.0142. The maximum absolute atomic E-state index is 13.4. The van der Waals surface area contributed by atoms with Crippen molar-refractivity contribution in [2.75, 3.05) is 23.7 Å². The number of sulfonamides is 1. The third kappa shape index (κ3) is 9.06. The third-order valence-electron chi connectivity index (χ3n) is 5.98. The molecule has 11 heteroatoms. The van der Waals surface area contributed by atoms with E-state index in [0.29, 0.717) is 32.9 Å². The molecular formula is C26H34Cl3N3O4S. The van der Waals surface area contributed by atoms with Crippen molar-refractivity contribution in [1.82, 2.24) is 10.2 Å². The Balaban J connectivity index is 2.23. The molecule has 0 fully saturated rings. The molecule has 0 aliphatic heterocycles. The van der Waals surface area contributed by atoms with Gasteiger partial charge >= 0.3 is 0 Å². The van der Waals surface area contributed by atoms with Gasteiger partial charge in [-0.2, -0.15) is 0 Å². The van der Waals surface area contributed by atoms with E-state index in [4.69, 9.17) is 34.8 Å². The fraction of sp³-hybridized carbons (Fsp3) is 0.462. The summed E-state index contributed by atoms with van der Waals surface area (Å²) in [5.41, 5.74) is 1.75. The smallest absolute Gasteiger partial charge is 0.242 e. The number of carbonyl (C=O) groups is 2. The quantitative estimate of drug-likeness (QED) is 0.297. The van der Waals surface area contributed by atoms with Crippen molar-refractivity contribution < 1.29 is 18.0 Å². The van der Waals surface area contributed by atoms with Crippen LogP contribution in [-0.2, 0) is 26.2 Å². The fourth-order valence-electron chi connectivity index (χ4n) is 3.81. The highest BCUT2D eigenvalue weighted by atomic mass is 35.5. The van der Waals surface area contributed by atoms with Gasteiger partial charge in [0.1, 0.15) is 6.04 Å². The highest BCUT2D eigenvalue weighted by molar-refractivity contribution is 7.92. The van der Waals surface area contributed by atoms with Gasteiger partial charge in [0.2, 0.25) is 21.8 Å². The molecule has 2 aromatic carbocycles. The first kappa shape index (κ1) is 31.2. The molecule has 0 aromatic heterocycles. The lowest BCUT2D eigenvalue weighted by atomic mass is 10.1. The first-order valence-electron chi connectivity index (χ1n) is 12.1. The number of amides is 2. The van der Waals surface area contributed by atoms with Crippen LogP contribution in [-0.4, -0.2) is 50.5 Å². The second kappa shape index (κ2) is 14.2. The van der Waals surface area contributed by atoms with Gasteiger partial charge < -0.3 is 10.2 Å². The van der Waals surface area contributed by atoms with Gasteiger partial charge in [0.25, 0.3) is 0 Å². The van der Waals surface area contributed by atoms with Crippen LogP contribution >= 0.6 is 34.8 Å². The number of anilines is 1. The molecule has 37 heavy (non-hydrogen) atoms. The van der Waals surface area contributed by atoms with Crippen LogP contribution in [0.5, 0.6) is 0 Å². The summed E-state index contributed by atoms with van der Waals surface area (Å²) in [6, 6.07) is 9.30. The lowest BCUT2D eigenvalue weighted by Crippen LogP contribution is -2.48. The van der Waals surface area contributed by atoms with Crippen molar-refractivity contribution in [3.63, 3.8) is 0 Å². The van der Waals surface area contributed by atoms with Crippen molar-refractivity contribution >= 4 is 62.3 Å². The van der Waals surface area contributed by atoms with Gasteiger partial charge in [-0.15, -0.1) is 0 Å². The lowest BCUT2D eigenvalue weighted by Gasteiger charge is -2.30. The third-order valence-corrected chi connectivity index (χ3v) is 8.10. The highest BCUT2D eigenvalue weighted by Crippen LogP contribution is 2.28. The van der Waals surface area contributed by atoms with Crippen molar-refractivity contribution in [1.29, 1.82) is 0 Å². The van der Waals surface area contributed by atoms with Gasteiger partial charge in [-0.1, -0.05) is 60.3 Å². The van der Waals surface area contributed by atoms with Crippen LogP contribution in [0.3, 0.4) is 0 Å². The Morgan fingerprint density at radius 3 is 2.30 bits per heavy atom. The molecule has 0 bridgehead atoms. The summed E-state index contributed by atoms with van der Waals surface area (Å²) in [6.45, 7) is 6.10. The maximum Gasteiger partial charge on any atom is 0.242 e. The van der Waals surface area contributed by atoms with E-state index in [1.807, 2.05) is 6.92 Å². The molecule has 0 saturated carbocycles. The monoisotopic (exact) mass is 589 g/mol. The summed E-state index contributed by atoms with van der Waals surface area (Å²) >= 11 is 18.8. The largest absolute Gasteiger partial charge is 0.354 e. The molecule has 0 unspecified atom stereocenters. The molecule has 0 saturated heterocycles. The molecule has 0 heterocycles. The van der Waals surface area contributed by atoms with Crippen LogP contribution in [0.1, 0.15) is 50.7 Å². The van der Waals surface area contributed by atoms with Gasteiger partial charge in [0.05, 0.1) is 11.9 Å². The second-order valence-electron chi connectivity index (χ2n) is 8.91. The maximum atomic E-state index is 13.4. The van der Waals surface area contributed by atoms with Crippen molar-refractivity contribution in [3.8, 4) is 0 Å². The molecule has 0 spiro atoms. The summed E-state index contributed by atoms with van der Waals surface area (Å²) in [5, 5.41) is 4.06. The van der Waals surface area contributed by atoms with Crippen LogP contribution in [0.15, 0.2) is 36.4 Å². The van der Waals surface area contributed by atoms with Crippen LogP contribution in [0, 0.1) is 6.92 Å². The first-order chi connectivity index (χ1) is 17.4. The molecule has 2 aromatic rings. The number of halogens is 3. The van der Waals surface area contributed by atoms with E-state index >= 15 is 0 Å². The summed E-state index contributed by atoms with van der Waals surface area (Å²) in [5.74, 6) is -0.595. The van der Waals surface area contributed by atoms with Gasteiger partial charge in [-0.3, -0.25) is 13.9 Å². The molecule has 0 aliphatic carbocycles. The molecule has 0 aliphatic rings. The first-order valence-corrected chi connectivity index (χ1v) is 15.1. The van der Waals surface area contributed by atoms with E-state index in [1.54, 1.807) is 50.2 Å². The van der Waals surface area contributed by atoms with Crippen LogP contribution in [0.4, 0.5) is 5.69 Å². The second-order valence-corrected chi connectivity index (χ2v) is 12.1. The number of hydrogen-bond donors (Lipinski definition) is 1. The standard InChI is InChI=1S/C26H34Cl3N3O4S/c1-5-6-14-30-26(34)19(3)31(17-21-22(28)9-7-10-23(21)29)25(33)11-8-15-32(37(4,35)36)24-16-20(27)13-12-18(24)2/h7,9-10,12-13,16,19H,5-6,8,11,14-15,17H2,1-4H3,(H,30,34)/t19-/m0/s1. The SMILES string of the molecule is CCCCNC(=O)[C@H](C)N(Cc1c(Cl)cccc1Cl)C(=O)CCCN(c1cc(Cl)ccc1C)S(C)(=O)=O. The van der Waals surface area contributed by atoms with Gasteiger partial charge in [0.15, 0.2) is 0 Å². The van der Waals surface area contributed by atoms with E-state index in [9.17, 15) is 18.0 Å². The van der Waals surface area contributed by atoms with Gasteiger partial charge in [-0.25, -0.2) is 8.42 Å². The topological polar surface area (TPSA) is 86.8 Å². The number of benzene rings is 2. The zero-order valence-corrected chi connectivity index (χ0v) is 24.6. The number of hydrogen-bond acceptors (Lipinski definition) is 4. The van der Waals surface area contributed by atoms with Crippen molar-refractivity contribution in [3.05, 3.63) is 62.6 Å². The Morgan fingerprint density at radius 2 is 1.70 bits per heavy atom. The summed E-state index contributed by atoms with van der Waals surface area (Å²) in [4.78, 5) is 27.7. The Bertz CT molecular complexity index is 1190. The molecule has 204 valence electrons. The Labute approximate surface area is 235 Å². The number of unbranched alkanes of at least 4 members (excludes halogenated alkanes) is 1. The normalized spacial score (nSPS) is 12.2. The average Bonchev–Trinajstić information content (AvgIpc) is 2.82. The number of rotatable bonds is 13. The van der Waals surface area contributed by atoms with E-state index in [2.05, 4.69) is 5.32 Å². The van der Waals surface area contributed by atoms with Crippen molar-refractivity contribution in [2.45, 2.75) is 59.0 Å². The Morgan fingerprint density at radius 1 is 1.05 bits per heavy atom. The highest BCUT2D eigenvalue weighted by Gasteiger charge is 2.28. The zero-order chi connectivity index (χ0) is 27.8. The Kier molecular flexibility index (Phi) is 12.0. The number of carbonyl (C=O) groups excluding carboxylic acids is 2. The number of nitrogens with one attached hydrogen (secondary N) is 1. The van der Waals surface area contributed by atoms with Crippen LogP contribution < -0.4 is 9.62 Å². The van der Waals surface area contributed by atoms with E-state index < -0.39 is 16.1 Å².